The van der Waals surface area contributed by atoms with Gasteiger partial charge >= 0.3 is 0 Å². The average molecular weight is 293 g/mol. The van der Waals surface area contributed by atoms with Crippen LogP contribution < -0.4 is 10.3 Å². The molecule has 3 nitrogen and oxygen atoms in total. The normalized spacial score (nSPS) is 10.6. The van der Waals surface area contributed by atoms with Crippen molar-refractivity contribution in [3.8, 4) is 16.9 Å². The van der Waals surface area contributed by atoms with Crippen LogP contribution in [0.3, 0.4) is 0 Å². The number of hydrogen-bond donors (Lipinski definition) is 0. The zero-order valence-corrected chi connectivity index (χ0v) is 12.5. The SMILES string of the molecule is COc1cc(F)c(CSC)cc1-c1ccc(=O)n(C)c1. The van der Waals surface area contributed by atoms with Gasteiger partial charge in [-0.25, -0.2) is 4.39 Å². The Morgan fingerprint density at radius 1 is 1.35 bits per heavy atom. The van der Waals surface area contributed by atoms with Crippen molar-refractivity contribution in [2.75, 3.05) is 13.4 Å². The maximum absolute atomic E-state index is 13.9. The minimum Gasteiger partial charge on any atom is -0.496 e. The number of thioether (sulfide) groups is 1. The quantitative estimate of drug-likeness (QED) is 0.868. The highest BCUT2D eigenvalue weighted by Crippen LogP contribution is 2.32. The highest BCUT2D eigenvalue weighted by molar-refractivity contribution is 7.97. The molecular formula is C15H16FNO2S. The third-order valence-corrected chi connectivity index (χ3v) is 3.66. The van der Waals surface area contributed by atoms with Crippen molar-refractivity contribution in [2.45, 2.75) is 5.75 Å². The summed E-state index contributed by atoms with van der Waals surface area (Å²) in [4.78, 5) is 11.4. The topological polar surface area (TPSA) is 31.2 Å². The van der Waals surface area contributed by atoms with Gasteiger partial charge in [0.15, 0.2) is 0 Å². The lowest BCUT2D eigenvalue weighted by Gasteiger charge is -2.12. The predicted molar refractivity (Wildman–Crippen MR) is 80.8 cm³/mol. The number of methoxy groups -OCH3 is 1. The van der Waals surface area contributed by atoms with Crippen molar-refractivity contribution >= 4 is 11.8 Å². The summed E-state index contributed by atoms with van der Waals surface area (Å²) in [5.74, 6) is 0.782. The van der Waals surface area contributed by atoms with E-state index in [1.54, 1.807) is 37.1 Å². The predicted octanol–water partition coefficient (Wildman–Crippen LogP) is 3.06. The van der Waals surface area contributed by atoms with Crippen LogP contribution in [0.15, 0.2) is 35.3 Å². The summed E-state index contributed by atoms with van der Waals surface area (Å²) in [6.45, 7) is 0. The van der Waals surface area contributed by atoms with E-state index >= 15 is 0 Å². The first-order chi connectivity index (χ1) is 9.56. The molecule has 0 bridgehead atoms. The Labute approximate surface area is 121 Å². The zero-order valence-electron chi connectivity index (χ0n) is 11.6. The average Bonchev–Trinajstić information content (AvgIpc) is 2.44. The molecule has 0 aliphatic heterocycles. The molecular weight excluding hydrogens is 277 g/mol. The molecule has 0 fully saturated rings. The monoisotopic (exact) mass is 293 g/mol. The van der Waals surface area contributed by atoms with E-state index in [1.807, 2.05) is 6.26 Å². The highest BCUT2D eigenvalue weighted by Gasteiger charge is 2.12. The molecule has 0 aliphatic carbocycles. The van der Waals surface area contributed by atoms with Gasteiger partial charge in [-0.05, 0) is 24.0 Å². The molecule has 0 N–H and O–H groups in total. The van der Waals surface area contributed by atoms with Gasteiger partial charge in [0.25, 0.3) is 0 Å². The van der Waals surface area contributed by atoms with Gasteiger partial charge in [-0.1, -0.05) is 0 Å². The third kappa shape index (κ3) is 2.88. The van der Waals surface area contributed by atoms with Crippen LogP contribution in [0, 0.1) is 5.82 Å². The Bertz CT molecular complexity index is 682. The van der Waals surface area contributed by atoms with E-state index in [2.05, 4.69) is 0 Å². The summed E-state index contributed by atoms with van der Waals surface area (Å²) >= 11 is 1.56. The molecule has 0 unspecified atom stereocenters. The molecule has 0 amide bonds. The molecule has 1 heterocycles. The number of ether oxygens (including phenoxy) is 1. The van der Waals surface area contributed by atoms with Gasteiger partial charge in [0.2, 0.25) is 5.56 Å². The molecule has 1 aromatic heterocycles. The number of pyridine rings is 1. The molecule has 106 valence electrons. The summed E-state index contributed by atoms with van der Waals surface area (Å²) in [5.41, 5.74) is 2.15. The number of hydrogen-bond acceptors (Lipinski definition) is 3. The van der Waals surface area contributed by atoms with Crippen LogP contribution in [-0.2, 0) is 12.8 Å². The summed E-state index contributed by atoms with van der Waals surface area (Å²) in [6, 6.07) is 6.39. The molecule has 0 atom stereocenters. The smallest absolute Gasteiger partial charge is 0.250 e. The molecule has 0 spiro atoms. The van der Waals surface area contributed by atoms with Crippen molar-refractivity contribution in [1.82, 2.24) is 4.57 Å². The second kappa shape index (κ2) is 6.13. The van der Waals surface area contributed by atoms with E-state index in [-0.39, 0.29) is 11.4 Å². The lowest BCUT2D eigenvalue weighted by Crippen LogP contribution is -2.14. The number of aryl methyl sites for hydroxylation is 1. The number of nitrogens with zero attached hydrogens (tertiary/aromatic N) is 1. The lowest BCUT2D eigenvalue weighted by molar-refractivity contribution is 0.412. The van der Waals surface area contributed by atoms with Crippen LogP contribution in [0.5, 0.6) is 5.75 Å². The Morgan fingerprint density at radius 2 is 2.10 bits per heavy atom. The second-order valence-corrected chi connectivity index (χ2v) is 5.31. The first-order valence-electron chi connectivity index (χ1n) is 6.09. The van der Waals surface area contributed by atoms with E-state index < -0.39 is 0 Å². The number of halogens is 1. The van der Waals surface area contributed by atoms with Gasteiger partial charge in [0, 0.05) is 42.3 Å². The van der Waals surface area contributed by atoms with E-state index in [1.165, 1.54) is 23.8 Å². The van der Waals surface area contributed by atoms with Crippen LogP contribution in [0.2, 0.25) is 0 Å². The van der Waals surface area contributed by atoms with E-state index in [0.717, 1.165) is 11.1 Å². The number of aromatic nitrogens is 1. The molecule has 2 aromatic rings. The number of benzene rings is 1. The van der Waals surface area contributed by atoms with Crippen LogP contribution in [-0.4, -0.2) is 17.9 Å². The zero-order chi connectivity index (χ0) is 14.7. The van der Waals surface area contributed by atoms with Gasteiger partial charge in [-0.3, -0.25) is 4.79 Å². The summed E-state index contributed by atoms with van der Waals surface area (Å²) in [6.07, 6.45) is 3.65. The maximum atomic E-state index is 13.9. The first-order valence-corrected chi connectivity index (χ1v) is 7.48. The Balaban J connectivity index is 2.61. The minimum atomic E-state index is -0.273. The Hall–Kier alpha value is -1.75. The van der Waals surface area contributed by atoms with E-state index in [4.69, 9.17) is 4.74 Å². The summed E-state index contributed by atoms with van der Waals surface area (Å²) in [5, 5.41) is 0. The summed E-state index contributed by atoms with van der Waals surface area (Å²) < 4.78 is 20.7. The molecule has 20 heavy (non-hydrogen) atoms. The molecule has 0 aliphatic rings. The first kappa shape index (κ1) is 14.7. The fourth-order valence-electron chi connectivity index (χ4n) is 2.01. The van der Waals surface area contributed by atoms with Gasteiger partial charge in [0.1, 0.15) is 11.6 Å². The lowest BCUT2D eigenvalue weighted by atomic mass is 10.0. The van der Waals surface area contributed by atoms with Crippen LogP contribution in [0.4, 0.5) is 4.39 Å². The van der Waals surface area contributed by atoms with Crippen LogP contribution >= 0.6 is 11.8 Å². The standard InChI is InChI=1S/C15H16FNO2S/c1-17-8-10(4-5-15(17)18)12-6-11(9-20-3)13(16)7-14(12)19-2/h4-8H,9H2,1-3H3. The number of rotatable bonds is 4. The second-order valence-electron chi connectivity index (χ2n) is 4.44. The van der Waals surface area contributed by atoms with Crippen molar-refractivity contribution in [3.63, 3.8) is 0 Å². The van der Waals surface area contributed by atoms with Gasteiger partial charge in [-0.2, -0.15) is 11.8 Å². The largest absolute Gasteiger partial charge is 0.496 e. The molecule has 0 radical (unpaired) electrons. The highest BCUT2D eigenvalue weighted by atomic mass is 32.2. The Kier molecular flexibility index (Phi) is 4.49. The van der Waals surface area contributed by atoms with Crippen molar-refractivity contribution < 1.29 is 9.13 Å². The van der Waals surface area contributed by atoms with Gasteiger partial charge in [-0.15, -0.1) is 0 Å². The molecule has 2 rings (SSSR count). The third-order valence-electron chi connectivity index (χ3n) is 3.07. The van der Waals surface area contributed by atoms with E-state index in [0.29, 0.717) is 17.1 Å². The van der Waals surface area contributed by atoms with Crippen molar-refractivity contribution in [3.05, 3.63) is 52.2 Å². The van der Waals surface area contributed by atoms with Crippen LogP contribution in [0.25, 0.3) is 11.1 Å². The van der Waals surface area contributed by atoms with Crippen LogP contribution in [0.1, 0.15) is 5.56 Å². The maximum Gasteiger partial charge on any atom is 0.250 e. The molecule has 5 heteroatoms. The Morgan fingerprint density at radius 3 is 2.70 bits per heavy atom. The van der Waals surface area contributed by atoms with Crippen molar-refractivity contribution in [1.29, 1.82) is 0 Å². The van der Waals surface area contributed by atoms with Gasteiger partial charge < -0.3 is 9.30 Å². The molecule has 0 saturated heterocycles. The molecule has 1 aromatic carbocycles. The fourth-order valence-corrected chi connectivity index (χ4v) is 2.55. The summed E-state index contributed by atoms with van der Waals surface area (Å²) in [7, 11) is 3.19. The van der Waals surface area contributed by atoms with Gasteiger partial charge in [0.05, 0.1) is 7.11 Å². The fraction of sp³-hybridized carbons (Fsp3) is 0.267. The van der Waals surface area contributed by atoms with Crippen molar-refractivity contribution in [2.24, 2.45) is 7.05 Å². The van der Waals surface area contributed by atoms with E-state index in [9.17, 15) is 9.18 Å². The molecule has 0 saturated carbocycles. The minimum absolute atomic E-state index is 0.0841.